The number of hydrogen-bond donors (Lipinski definition) is 1. The molecule has 130 valence electrons. The molecule has 0 atom stereocenters. The lowest BCUT2D eigenvalue weighted by Gasteiger charge is -2.10. The smallest absolute Gasteiger partial charge is 0.277 e. The summed E-state index contributed by atoms with van der Waals surface area (Å²) in [6, 6.07) is 13.6. The van der Waals surface area contributed by atoms with Gasteiger partial charge in [0.25, 0.3) is 5.91 Å². The van der Waals surface area contributed by atoms with Crippen molar-refractivity contribution in [1.29, 1.82) is 0 Å². The Balaban J connectivity index is 1.43. The highest BCUT2D eigenvalue weighted by atomic mass is 32.2. The minimum absolute atomic E-state index is 0.118. The molecule has 1 aliphatic heterocycles. The molecule has 0 unspecified atom stereocenters. The predicted molar refractivity (Wildman–Crippen MR) is 102 cm³/mol. The number of nitrogens with zero attached hydrogens (tertiary/aromatic N) is 1. The van der Waals surface area contributed by atoms with Gasteiger partial charge in [0.15, 0.2) is 6.61 Å². The number of carbonyl (C=O) groups is 1. The molecule has 0 aliphatic carbocycles. The third-order valence-electron chi connectivity index (χ3n) is 3.42. The Labute approximate surface area is 154 Å². The minimum Gasteiger partial charge on any atom is -0.484 e. The van der Waals surface area contributed by atoms with E-state index >= 15 is 0 Å². The van der Waals surface area contributed by atoms with Crippen LogP contribution in [0, 0.1) is 5.82 Å². The lowest BCUT2D eigenvalue weighted by atomic mass is 10.2. The summed E-state index contributed by atoms with van der Waals surface area (Å²) < 4.78 is 18.7. The van der Waals surface area contributed by atoms with E-state index in [0.717, 1.165) is 0 Å². The molecular formula is C18H17FN2O2S2. The summed E-state index contributed by atoms with van der Waals surface area (Å²) in [7, 11) is 0. The highest BCUT2D eigenvalue weighted by molar-refractivity contribution is 8.19. The standard InChI is InChI=1S/C18H17FN2O2S2/c19-15-5-1-13(2-6-15)11-20-21-17(22)12-23-16-7-3-14(4-8-16)18-24-9-10-25-18/h1-8,11,18H,9-10,12H2,(H,21,22)/b20-11-. The first kappa shape index (κ1) is 17.8. The van der Waals surface area contributed by atoms with Gasteiger partial charge in [-0.2, -0.15) is 5.10 Å². The van der Waals surface area contributed by atoms with Crippen molar-refractivity contribution in [3.05, 3.63) is 65.5 Å². The number of carbonyl (C=O) groups excluding carboxylic acids is 1. The van der Waals surface area contributed by atoms with Gasteiger partial charge in [-0.05, 0) is 35.4 Å². The van der Waals surface area contributed by atoms with Gasteiger partial charge in [-0.1, -0.05) is 24.3 Å². The highest BCUT2D eigenvalue weighted by Gasteiger charge is 2.17. The summed E-state index contributed by atoms with van der Waals surface area (Å²) in [6.07, 6.45) is 1.45. The van der Waals surface area contributed by atoms with Gasteiger partial charge in [-0.25, -0.2) is 9.82 Å². The van der Waals surface area contributed by atoms with Gasteiger partial charge in [-0.3, -0.25) is 4.79 Å². The third kappa shape index (κ3) is 5.51. The van der Waals surface area contributed by atoms with Crippen molar-refractivity contribution in [2.24, 2.45) is 5.10 Å². The highest BCUT2D eigenvalue weighted by Crippen LogP contribution is 2.45. The maximum atomic E-state index is 12.8. The van der Waals surface area contributed by atoms with Gasteiger partial charge in [0.1, 0.15) is 11.6 Å². The largest absolute Gasteiger partial charge is 0.484 e. The Morgan fingerprint density at radius 2 is 1.84 bits per heavy atom. The molecule has 4 nitrogen and oxygen atoms in total. The number of halogens is 1. The molecule has 0 spiro atoms. The Bertz CT molecular complexity index is 730. The average molecular weight is 376 g/mol. The molecule has 0 saturated carbocycles. The Hall–Kier alpha value is -1.99. The van der Waals surface area contributed by atoms with Crippen LogP contribution in [0.5, 0.6) is 5.75 Å². The summed E-state index contributed by atoms with van der Waals surface area (Å²) in [6.45, 7) is -0.118. The summed E-state index contributed by atoms with van der Waals surface area (Å²) in [5, 5.41) is 3.82. The van der Waals surface area contributed by atoms with Crippen molar-refractivity contribution >= 4 is 35.6 Å². The summed E-state index contributed by atoms with van der Waals surface area (Å²) in [5.41, 5.74) is 4.34. The number of ether oxygens (including phenoxy) is 1. The summed E-state index contributed by atoms with van der Waals surface area (Å²) in [5.74, 6) is 2.35. The molecule has 25 heavy (non-hydrogen) atoms. The van der Waals surface area contributed by atoms with E-state index in [1.807, 2.05) is 47.8 Å². The van der Waals surface area contributed by atoms with Crippen LogP contribution in [0.25, 0.3) is 0 Å². The lowest BCUT2D eigenvalue weighted by Crippen LogP contribution is -2.24. The van der Waals surface area contributed by atoms with Crippen LogP contribution in [0.1, 0.15) is 15.7 Å². The van der Waals surface area contributed by atoms with E-state index in [4.69, 9.17) is 4.74 Å². The molecule has 7 heteroatoms. The zero-order valence-electron chi connectivity index (χ0n) is 13.4. The van der Waals surface area contributed by atoms with E-state index in [0.29, 0.717) is 15.9 Å². The Morgan fingerprint density at radius 1 is 1.16 bits per heavy atom. The fourth-order valence-electron chi connectivity index (χ4n) is 2.18. The van der Waals surface area contributed by atoms with Crippen molar-refractivity contribution < 1.29 is 13.9 Å². The number of benzene rings is 2. The number of hydrazone groups is 1. The molecule has 1 saturated heterocycles. The van der Waals surface area contributed by atoms with E-state index in [1.165, 1.54) is 35.4 Å². The molecule has 1 heterocycles. The third-order valence-corrected chi connectivity index (χ3v) is 6.52. The number of nitrogens with one attached hydrogen (secondary N) is 1. The number of hydrogen-bond acceptors (Lipinski definition) is 5. The van der Waals surface area contributed by atoms with Crippen LogP contribution in [0.4, 0.5) is 4.39 Å². The van der Waals surface area contributed by atoms with Crippen LogP contribution in [0.15, 0.2) is 53.6 Å². The van der Waals surface area contributed by atoms with Crippen LogP contribution in [-0.4, -0.2) is 30.2 Å². The first-order valence-electron chi connectivity index (χ1n) is 7.74. The minimum atomic E-state index is -0.357. The van der Waals surface area contributed by atoms with Crippen molar-refractivity contribution in [2.75, 3.05) is 18.1 Å². The maximum Gasteiger partial charge on any atom is 0.277 e. The first-order chi connectivity index (χ1) is 12.2. The molecular weight excluding hydrogens is 359 g/mol. The molecule has 1 N–H and O–H groups in total. The normalized spacial score (nSPS) is 14.8. The topological polar surface area (TPSA) is 50.7 Å². The molecule has 1 amide bonds. The predicted octanol–water partition coefficient (Wildman–Crippen LogP) is 3.83. The van der Waals surface area contributed by atoms with Crippen molar-refractivity contribution in [1.82, 2.24) is 5.43 Å². The summed E-state index contributed by atoms with van der Waals surface area (Å²) >= 11 is 3.90. The number of rotatable bonds is 6. The van der Waals surface area contributed by atoms with Gasteiger partial charge >= 0.3 is 0 Å². The number of amides is 1. The second kappa shape index (κ2) is 8.92. The summed E-state index contributed by atoms with van der Waals surface area (Å²) in [4.78, 5) is 11.7. The second-order valence-electron chi connectivity index (χ2n) is 5.28. The van der Waals surface area contributed by atoms with E-state index in [1.54, 1.807) is 12.1 Å². The molecule has 2 aromatic carbocycles. The van der Waals surface area contributed by atoms with Crippen molar-refractivity contribution in [3.8, 4) is 5.75 Å². The van der Waals surface area contributed by atoms with E-state index in [2.05, 4.69) is 10.5 Å². The fraction of sp³-hybridized carbons (Fsp3) is 0.222. The molecule has 2 aromatic rings. The molecule has 0 aromatic heterocycles. The maximum absolute atomic E-state index is 12.8. The Morgan fingerprint density at radius 3 is 2.52 bits per heavy atom. The quantitative estimate of drug-likeness (QED) is 0.615. The first-order valence-corrected chi connectivity index (χ1v) is 9.84. The van der Waals surface area contributed by atoms with Crippen LogP contribution in [-0.2, 0) is 4.79 Å². The molecule has 1 fully saturated rings. The molecule has 0 bridgehead atoms. The Kier molecular flexibility index (Phi) is 6.36. The zero-order valence-corrected chi connectivity index (χ0v) is 15.0. The number of thioether (sulfide) groups is 2. The van der Waals surface area contributed by atoms with Crippen molar-refractivity contribution in [3.63, 3.8) is 0 Å². The van der Waals surface area contributed by atoms with Crippen LogP contribution < -0.4 is 10.2 Å². The lowest BCUT2D eigenvalue weighted by molar-refractivity contribution is -0.123. The SMILES string of the molecule is O=C(COc1ccc(C2SCCS2)cc1)N/N=C\c1ccc(F)cc1. The van der Waals surface area contributed by atoms with Gasteiger partial charge in [-0.15, -0.1) is 23.5 Å². The van der Waals surface area contributed by atoms with E-state index in [-0.39, 0.29) is 18.3 Å². The van der Waals surface area contributed by atoms with Crippen LogP contribution in [0.2, 0.25) is 0 Å². The molecule has 1 aliphatic rings. The van der Waals surface area contributed by atoms with E-state index in [9.17, 15) is 9.18 Å². The van der Waals surface area contributed by atoms with Gasteiger partial charge in [0.05, 0.1) is 10.8 Å². The van der Waals surface area contributed by atoms with Crippen LogP contribution >= 0.6 is 23.5 Å². The van der Waals surface area contributed by atoms with Gasteiger partial charge in [0, 0.05) is 11.5 Å². The average Bonchev–Trinajstić information content (AvgIpc) is 3.17. The van der Waals surface area contributed by atoms with E-state index < -0.39 is 0 Å². The zero-order chi connectivity index (χ0) is 17.5. The molecule has 0 radical (unpaired) electrons. The second-order valence-corrected chi connectivity index (χ2v) is 8.00. The van der Waals surface area contributed by atoms with Crippen LogP contribution in [0.3, 0.4) is 0 Å². The van der Waals surface area contributed by atoms with Crippen molar-refractivity contribution in [2.45, 2.75) is 4.58 Å². The van der Waals surface area contributed by atoms with Gasteiger partial charge < -0.3 is 4.74 Å². The molecule has 3 rings (SSSR count). The van der Waals surface area contributed by atoms with Gasteiger partial charge in [0.2, 0.25) is 0 Å². The monoisotopic (exact) mass is 376 g/mol. The fourth-order valence-corrected chi connectivity index (χ4v) is 5.04.